The van der Waals surface area contributed by atoms with Gasteiger partial charge in [0.25, 0.3) is 5.91 Å². The number of alkyl halides is 3. The number of hydrogen-bond acceptors (Lipinski definition) is 5. The van der Waals surface area contributed by atoms with Crippen LogP contribution in [-0.4, -0.2) is 37.0 Å². The summed E-state index contributed by atoms with van der Waals surface area (Å²) < 4.78 is 67.5. The number of para-hydroxylation sites is 1. The number of hydrogen-bond donors (Lipinski definition) is 1. The Balaban J connectivity index is 1.81. The number of aromatic nitrogens is 1. The van der Waals surface area contributed by atoms with E-state index < -0.39 is 28.0 Å². The van der Waals surface area contributed by atoms with Crippen molar-refractivity contribution in [3.8, 4) is 5.75 Å². The number of pyridine rings is 1. The number of benzene rings is 2. The van der Waals surface area contributed by atoms with Crippen molar-refractivity contribution in [2.45, 2.75) is 17.8 Å². The monoisotopic (exact) mass is 499 g/mol. The average Bonchev–Trinajstić information content (AvgIpc) is 2.76. The lowest BCUT2D eigenvalue weighted by Gasteiger charge is -2.20. The van der Waals surface area contributed by atoms with Crippen LogP contribution in [0.15, 0.2) is 71.8 Å². The standard InChI is InChI=1S/C21H17ClF3N3O4S/c1-28(33(30,31)16-10-8-15(9-11-16)32-21(23,24)25)13-14-5-4-6-17(22)19(14)27-20(29)18-7-2-3-12-26-18/h2-12H,13H2,1H3,(H,27,29). The summed E-state index contributed by atoms with van der Waals surface area (Å²) in [5.41, 5.74) is 0.756. The molecule has 174 valence electrons. The van der Waals surface area contributed by atoms with E-state index in [1.54, 1.807) is 24.3 Å². The number of nitrogens with zero attached hydrogens (tertiary/aromatic N) is 2. The molecule has 1 aromatic heterocycles. The van der Waals surface area contributed by atoms with Gasteiger partial charge in [-0.1, -0.05) is 29.8 Å². The largest absolute Gasteiger partial charge is 0.573 e. The molecular formula is C21H17ClF3N3O4S. The number of ether oxygens (including phenoxy) is 1. The molecule has 0 saturated carbocycles. The summed E-state index contributed by atoms with van der Waals surface area (Å²) >= 11 is 6.24. The number of anilines is 1. The molecule has 0 bridgehead atoms. The molecule has 1 N–H and O–H groups in total. The Kier molecular flexibility index (Phi) is 7.25. The smallest absolute Gasteiger partial charge is 0.406 e. The molecule has 0 fully saturated rings. The molecule has 0 unspecified atom stereocenters. The van der Waals surface area contributed by atoms with Crippen molar-refractivity contribution in [2.24, 2.45) is 0 Å². The molecule has 0 atom stereocenters. The first-order chi connectivity index (χ1) is 15.5. The van der Waals surface area contributed by atoms with E-state index in [0.29, 0.717) is 5.56 Å². The summed E-state index contributed by atoms with van der Waals surface area (Å²) in [6.45, 7) is -0.179. The first-order valence-electron chi connectivity index (χ1n) is 9.29. The topological polar surface area (TPSA) is 88.6 Å². The molecule has 0 saturated heterocycles. The van der Waals surface area contributed by atoms with Crippen LogP contribution in [-0.2, 0) is 16.6 Å². The van der Waals surface area contributed by atoms with Crippen molar-refractivity contribution in [1.29, 1.82) is 0 Å². The summed E-state index contributed by atoms with van der Waals surface area (Å²) in [6, 6.07) is 13.4. The second-order valence-electron chi connectivity index (χ2n) is 6.72. The summed E-state index contributed by atoms with van der Waals surface area (Å²) in [6.07, 6.45) is -3.44. The molecule has 3 aromatic rings. The van der Waals surface area contributed by atoms with Crippen LogP contribution in [0.5, 0.6) is 5.75 Å². The minimum absolute atomic E-state index is 0.144. The van der Waals surface area contributed by atoms with E-state index >= 15 is 0 Å². The van der Waals surface area contributed by atoms with Gasteiger partial charge >= 0.3 is 6.36 Å². The highest BCUT2D eigenvalue weighted by Crippen LogP contribution is 2.29. The minimum atomic E-state index is -4.89. The molecule has 1 heterocycles. The maximum absolute atomic E-state index is 12.9. The first-order valence-corrected chi connectivity index (χ1v) is 11.1. The normalized spacial score (nSPS) is 11.9. The number of amides is 1. The van der Waals surface area contributed by atoms with Crippen molar-refractivity contribution in [1.82, 2.24) is 9.29 Å². The lowest BCUT2D eigenvalue weighted by atomic mass is 10.1. The third kappa shape index (κ3) is 6.21. The molecule has 0 aliphatic rings. The number of rotatable bonds is 7. The van der Waals surface area contributed by atoms with Gasteiger partial charge in [0.15, 0.2) is 0 Å². The van der Waals surface area contributed by atoms with Crippen molar-refractivity contribution < 1.29 is 31.1 Å². The summed E-state index contributed by atoms with van der Waals surface area (Å²) in [7, 11) is -2.79. The van der Waals surface area contributed by atoms with Crippen LogP contribution in [0.25, 0.3) is 0 Å². The zero-order valence-corrected chi connectivity index (χ0v) is 18.6. The van der Waals surface area contributed by atoms with Gasteiger partial charge in [-0.2, -0.15) is 4.31 Å². The third-order valence-electron chi connectivity index (χ3n) is 4.39. The van der Waals surface area contributed by atoms with Crippen molar-refractivity contribution in [3.63, 3.8) is 0 Å². The fourth-order valence-corrected chi connectivity index (χ4v) is 4.22. The highest BCUT2D eigenvalue weighted by molar-refractivity contribution is 7.89. The molecule has 3 rings (SSSR count). The van der Waals surface area contributed by atoms with E-state index in [9.17, 15) is 26.4 Å². The second-order valence-corrected chi connectivity index (χ2v) is 9.18. The zero-order chi connectivity index (χ0) is 24.2. The Hall–Kier alpha value is -3.15. The predicted molar refractivity (Wildman–Crippen MR) is 115 cm³/mol. The van der Waals surface area contributed by atoms with Crippen LogP contribution < -0.4 is 10.1 Å². The van der Waals surface area contributed by atoms with E-state index in [4.69, 9.17) is 11.6 Å². The minimum Gasteiger partial charge on any atom is -0.406 e. The van der Waals surface area contributed by atoms with Gasteiger partial charge in [-0.15, -0.1) is 13.2 Å². The quantitative estimate of drug-likeness (QED) is 0.509. The van der Waals surface area contributed by atoms with Gasteiger partial charge in [0, 0.05) is 19.8 Å². The van der Waals surface area contributed by atoms with Crippen LogP contribution in [0.2, 0.25) is 5.02 Å². The van der Waals surface area contributed by atoms with Gasteiger partial charge in [0.2, 0.25) is 10.0 Å². The zero-order valence-electron chi connectivity index (χ0n) is 17.0. The van der Waals surface area contributed by atoms with E-state index in [-0.39, 0.29) is 27.8 Å². The van der Waals surface area contributed by atoms with Gasteiger partial charge in [0.1, 0.15) is 11.4 Å². The van der Waals surface area contributed by atoms with Crippen molar-refractivity contribution >= 4 is 33.2 Å². The van der Waals surface area contributed by atoms with E-state index in [0.717, 1.165) is 28.6 Å². The first kappa shape index (κ1) is 24.5. The average molecular weight is 500 g/mol. The van der Waals surface area contributed by atoms with Crippen LogP contribution in [0.4, 0.5) is 18.9 Å². The van der Waals surface area contributed by atoms with Gasteiger partial charge in [-0.25, -0.2) is 8.42 Å². The summed E-state index contributed by atoms with van der Waals surface area (Å²) in [4.78, 5) is 16.2. The van der Waals surface area contributed by atoms with Crippen molar-refractivity contribution in [3.05, 3.63) is 83.1 Å². The van der Waals surface area contributed by atoms with Crippen LogP contribution in [0.1, 0.15) is 16.1 Å². The second kappa shape index (κ2) is 9.77. The van der Waals surface area contributed by atoms with Gasteiger partial charge in [-0.3, -0.25) is 9.78 Å². The number of carbonyl (C=O) groups is 1. The molecule has 33 heavy (non-hydrogen) atoms. The van der Waals surface area contributed by atoms with E-state index in [2.05, 4.69) is 15.0 Å². The third-order valence-corrected chi connectivity index (χ3v) is 6.53. The van der Waals surface area contributed by atoms with Gasteiger partial charge in [0.05, 0.1) is 15.6 Å². The molecule has 0 spiro atoms. The number of sulfonamides is 1. The van der Waals surface area contributed by atoms with Crippen LogP contribution in [0, 0.1) is 0 Å². The summed E-state index contributed by atoms with van der Waals surface area (Å²) in [5.74, 6) is -1.07. The molecule has 2 aromatic carbocycles. The lowest BCUT2D eigenvalue weighted by molar-refractivity contribution is -0.274. The Labute approximate surface area is 192 Å². The number of nitrogens with one attached hydrogen (secondary N) is 1. The van der Waals surface area contributed by atoms with Gasteiger partial charge < -0.3 is 10.1 Å². The fourth-order valence-electron chi connectivity index (χ4n) is 2.83. The molecular weight excluding hydrogens is 483 g/mol. The highest BCUT2D eigenvalue weighted by atomic mass is 35.5. The Morgan fingerprint density at radius 2 is 1.79 bits per heavy atom. The molecule has 0 radical (unpaired) electrons. The lowest BCUT2D eigenvalue weighted by Crippen LogP contribution is -2.27. The molecule has 1 amide bonds. The van der Waals surface area contributed by atoms with Gasteiger partial charge in [-0.05, 0) is 48.0 Å². The Bertz CT molecular complexity index is 1240. The fraction of sp³-hybridized carbons (Fsp3) is 0.143. The van der Waals surface area contributed by atoms with Crippen molar-refractivity contribution in [2.75, 3.05) is 12.4 Å². The summed E-state index contributed by atoms with van der Waals surface area (Å²) in [5, 5.41) is 2.83. The molecule has 7 nitrogen and oxygen atoms in total. The number of carbonyl (C=O) groups excluding carboxylic acids is 1. The van der Waals surface area contributed by atoms with E-state index in [1.807, 2.05) is 0 Å². The Morgan fingerprint density at radius 3 is 2.39 bits per heavy atom. The highest BCUT2D eigenvalue weighted by Gasteiger charge is 2.31. The maximum Gasteiger partial charge on any atom is 0.573 e. The van der Waals surface area contributed by atoms with Crippen LogP contribution >= 0.6 is 11.6 Å². The number of halogens is 4. The van der Waals surface area contributed by atoms with Crippen LogP contribution in [0.3, 0.4) is 0 Å². The predicted octanol–water partition coefficient (Wildman–Crippen LogP) is 4.71. The molecule has 0 aliphatic carbocycles. The molecule has 0 aliphatic heterocycles. The maximum atomic E-state index is 12.9. The van der Waals surface area contributed by atoms with E-state index in [1.165, 1.54) is 25.4 Å². The SMILES string of the molecule is CN(Cc1cccc(Cl)c1NC(=O)c1ccccn1)S(=O)(=O)c1ccc(OC(F)(F)F)cc1. The molecule has 12 heteroatoms. The Morgan fingerprint density at radius 1 is 1.09 bits per heavy atom.